The van der Waals surface area contributed by atoms with Crippen LogP contribution < -0.4 is 0 Å². The van der Waals surface area contributed by atoms with Gasteiger partial charge in [-0.3, -0.25) is 0 Å². The minimum atomic E-state index is 0.273. The lowest BCUT2D eigenvalue weighted by molar-refractivity contribution is 0.471. The monoisotopic (exact) mass is 284 g/mol. The van der Waals surface area contributed by atoms with Gasteiger partial charge < -0.3 is 5.11 Å². The summed E-state index contributed by atoms with van der Waals surface area (Å²) in [6, 6.07) is 16.2. The van der Waals surface area contributed by atoms with Crippen molar-refractivity contribution in [1.82, 2.24) is 0 Å². The van der Waals surface area contributed by atoms with E-state index in [0.717, 1.165) is 5.56 Å². The Morgan fingerprint density at radius 2 is 1.38 bits per heavy atom. The van der Waals surface area contributed by atoms with Crippen LogP contribution >= 0.6 is 0 Å². The van der Waals surface area contributed by atoms with E-state index < -0.39 is 0 Å². The molecular formula is C20H28O. The summed E-state index contributed by atoms with van der Waals surface area (Å²) < 4.78 is 0. The van der Waals surface area contributed by atoms with Gasteiger partial charge in [-0.15, -0.1) is 0 Å². The molecule has 2 aromatic carbocycles. The summed E-state index contributed by atoms with van der Waals surface area (Å²) in [4.78, 5) is 0. The number of para-hydroxylation sites is 1. The van der Waals surface area contributed by atoms with Gasteiger partial charge >= 0.3 is 0 Å². The van der Waals surface area contributed by atoms with Crippen LogP contribution in [0.5, 0.6) is 5.75 Å². The van der Waals surface area contributed by atoms with Gasteiger partial charge in [0.1, 0.15) is 5.75 Å². The number of aryl methyl sites for hydroxylation is 1. The van der Waals surface area contributed by atoms with Crippen molar-refractivity contribution in [3.63, 3.8) is 0 Å². The van der Waals surface area contributed by atoms with E-state index in [1.54, 1.807) is 6.07 Å². The lowest BCUT2D eigenvalue weighted by atomic mass is 9.86. The normalized spacial score (nSPS) is 11.0. The first kappa shape index (κ1) is 17.3. The first-order chi connectivity index (χ1) is 9.71. The summed E-state index contributed by atoms with van der Waals surface area (Å²) in [6.45, 7) is 13.1. The first-order valence-corrected chi connectivity index (χ1v) is 7.57. The van der Waals surface area contributed by atoms with E-state index in [2.05, 4.69) is 58.9 Å². The van der Waals surface area contributed by atoms with Crippen LogP contribution in [0.15, 0.2) is 48.5 Å². The zero-order valence-corrected chi connectivity index (χ0v) is 14.1. The summed E-state index contributed by atoms with van der Waals surface area (Å²) in [6.07, 6.45) is 0. The Kier molecular flexibility index (Phi) is 6.02. The maximum Gasteiger partial charge on any atom is 0.118 e. The second-order valence-corrected chi connectivity index (χ2v) is 6.81. The number of rotatable bonds is 1. The molecule has 2 rings (SSSR count). The van der Waals surface area contributed by atoms with Crippen LogP contribution in [-0.4, -0.2) is 5.11 Å². The summed E-state index contributed by atoms with van der Waals surface area (Å²) in [5.74, 6) is 1.00. The summed E-state index contributed by atoms with van der Waals surface area (Å²) in [5.41, 5.74) is 4.03. The van der Waals surface area contributed by atoms with Crippen molar-refractivity contribution in [2.24, 2.45) is 0 Å². The van der Waals surface area contributed by atoms with Gasteiger partial charge in [0, 0.05) is 0 Å². The minimum absolute atomic E-state index is 0.273. The zero-order chi connectivity index (χ0) is 16.0. The highest BCUT2D eigenvalue weighted by atomic mass is 16.3. The lowest BCUT2D eigenvalue weighted by Gasteiger charge is -2.19. The van der Waals surface area contributed by atoms with E-state index in [1.807, 2.05) is 25.1 Å². The summed E-state index contributed by atoms with van der Waals surface area (Å²) in [5, 5.41) is 8.92. The molecule has 1 nitrogen and oxygen atoms in total. The van der Waals surface area contributed by atoms with Crippen molar-refractivity contribution in [3.05, 3.63) is 65.2 Å². The Bertz CT molecular complexity index is 524. The fourth-order valence-corrected chi connectivity index (χ4v) is 1.93. The van der Waals surface area contributed by atoms with Crippen LogP contribution in [0, 0.1) is 6.92 Å². The van der Waals surface area contributed by atoms with E-state index in [0.29, 0.717) is 11.7 Å². The predicted molar refractivity (Wildman–Crippen MR) is 92.1 cm³/mol. The molecule has 1 N–H and O–H groups in total. The van der Waals surface area contributed by atoms with Crippen LogP contribution in [0.25, 0.3) is 0 Å². The Morgan fingerprint density at radius 1 is 0.857 bits per heavy atom. The summed E-state index contributed by atoms with van der Waals surface area (Å²) in [7, 11) is 0. The molecule has 114 valence electrons. The molecule has 0 bridgehead atoms. The Morgan fingerprint density at radius 3 is 1.71 bits per heavy atom. The first-order valence-electron chi connectivity index (χ1n) is 7.57. The van der Waals surface area contributed by atoms with Crippen molar-refractivity contribution in [1.29, 1.82) is 0 Å². The molecule has 0 radical (unpaired) electrons. The summed E-state index contributed by atoms with van der Waals surface area (Å²) >= 11 is 0. The smallest absolute Gasteiger partial charge is 0.118 e. The SMILES string of the molecule is CC(C)c1ccc(C(C)(C)C)cc1.Cc1ccccc1O. The molecule has 2 aromatic rings. The number of aromatic hydroxyl groups is 1. The van der Waals surface area contributed by atoms with Gasteiger partial charge in [0.25, 0.3) is 0 Å². The van der Waals surface area contributed by atoms with E-state index in [-0.39, 0.29) is 5.41 Å². The second kappa shape index (κ2) is 7.31. The Labute approximate surface area is 129 Å². The molecule has 0 unspecified atom stereocenters. The van der Waals surface area contributed by atoms with Crippen LogP contribution in [-0.2, 0) is 5.41 Å². The molecule has 0 saturated heterocycles. The molecule has 0 atom stereocenters. The van der Waals surface area contributed by atoms with Crippen LogP contribution in [0.3, 0.4) is 0 Å². The second-order valence-electron chi connectivity index (χ2n) is 6.81. The molecule has 1 heteroatoms. The molecule has 0 heterocycles. The molecule has 0 fully saturated rings. The van der Waals surface area contributed by atoms with Crippen molar-refractivity contribution < 1.29 is 5.11 Å². The van der Waals surface area contributed by atoms with Crippen LogP contribution in [0.2, 0.25) is 0 Å². The number of benzene rings is 2. The topological polar surface area (TPSA) is 20.2 Å². The van der Waals surface area contributed by atoms with Gasteiger partial charge in [-0.05, 0) is 41.0 Å². The van der Waals surface area contributed by atoms with E-state index in [1.165, 1.54) is 11.1 Å². The molecule has 0 spiro atoms. The molecule has 0 aromatic heterocycles. The van der Waals surface area contributed by atoms with Crippen LogP contribution in [0.1, 0.15) is 57.2 Å². The Hall–Kier alpha value is -1.76. The van der Waals surface area contributed by atoms with Gasteiger partial charge in [-0.25, -0.2) is 0 Å². The largest absolute Gasteiger partial charge is 0.508 e. The fourth-order valence-electron chi connectivity index (χ4n) is 1.93. The van der Waals surface area contributed by atoms with E-state index in [4.69, 9.17) is 5.11 Å². The standard InChI is InChI=1S/C13H20.C7H8O/c1-10(2)11-6-8-12(9-7-11)13(3,4)5;1-6-4-2-3-5-7(6)8/h6-10H,1-5H3;2-5,8H,1H3. The molecule has 21 heavy (non-hydrogen) atoms. The van der Waals surface area contributed by atoms with Gasteiger partial charge in [0.05, 0.1) is 0 Å². The Balaban J connectivity index is 0.000000235. The van der Waals surface area contributed by atoms with Crippen molar-refractivity contribution in [2.45, 2.75) is 52.9 Å². The average Bonchev–Trinajstić information content (AvgIpc) is 2.42. The lowest BCUT2D eigenvalue weighted by Crippen LogP contribution is -2.10. The maximum absolute atomic E-state index is 8.92. The van der Waals surface area contributed by atoms with Gasteiger partial charge in [0.2, 0.25) is 0 Å². The molecule has 0 amide bonds. The van der Waals surface area contributed by atoms with Crippen molar-refractivity contribution >= 4 is 0 Å². The average molecular weight is 284 g/mol. The van der Waals surface area contributed by atoms with Gasteiger partial charge in [-0.1, -0.05) is 77.1 Å². The number of hydrogen-bond donors (Lipinski definition) is 1. The van der Waals surface area contributed by atoms with Gasteiger partial charge in [-0.2, -0.15) is 0 Å². The highest BCUT2D eigenvalue weighted by Crippen LogP contribution is 2.24. The number of phenolic OH excluding ortho intramolecular Hbond substituents is 1. The molecular weight excluding hydrogens is 256 g/mol. The minimum Gasteiger partial charge on any atom is -0.508 e. The predicted octanol–water partition coefficient (Wildman–Crippen LogP) is 5.81. The van der Waals surface area contributed by atoms with E-state index >= 15 is 0 Å². The van der Waals surface area contributed by atoms with Crippen LogP contribution in [0.4, 0.5) is 0 Å². The quantitative estimate of drug-likeness (QED) is 0.700. The number of phenols is 1. The highest BCUT2D eigenvalue weighted by Gasteiger charge is 2.12. The van der Waals surface area contributed by atoms with Crippen molar-refractivity contribution in [3.8, 4) is 5.75 Å². The van der Waals surface area contributed by atoms with Crippen molar-refractivity contribution in [2.75, 3.05) is 0 Å². The highest BCUT2D eigenvalue weighted by molar-refractivity contribution is 5.30. The molecule has 0 aliphatic rings. The number of hydrogen-bond acceptors (Lipinski definition) is 1. The van der Waals surface area contributed by atoms with E-state index in [9.17, 15) is 0 Å². The van der Waals surface area contributed by atoms with Gasteiger partial charge in [0.15, 0.2) is 0 Å². The maximum atomic E-state index is 8.92. The molecule has 0 aliphatic carbocycles. The third kappa shape index (κ3) is 5.63. The molecule has 0 saturated carbocycles. The fraction of sp³-hybridized carbons (Fsp3) is 0.400. The zero-order valence-electron chi connectivity index (χ0n) is 14.1. The third-order valence-corrected chi connectivity index (χ3v) is 3.56. The molecule has 0 aliphatic heterocycles. The third-order valence-electron chi connectivity index (χ3n) is 3.56.